The van der Waals surface area contributed by atoms with Gasteiger partial charge in [-0.05, 0) is 42.8 Å². The minimum Gasteiger partial charge on any atom is -0.322 e. The largest absolute Gasteiger partial charge is 0.322 e. The molecule has 0 aliphatic carbocycles. The molecule has 1 heterocycles. The average Bonchev–Trinajstić information content (AvgIpc) is 2.42. The first-order chi connectivity index (χ1) is 9.10. The van der Waals surface area contributed by atoms with Crippen LogP contribution in [0.2, 0.25) is 0 Å². The van der Waals surface area contributed by atoms with Crippen molar-refractivity contribution in [3.63, 3.8) is 0 Å². The van der Waals surface area contributed by atoms with Crippen molar-refractivity contribution in [2.75, 3.05) is 10.7 Å². The van der Waals surface area contributed by atoms with Gasteiger partial charge in [-0.2, -0.15) is 0 Å². The Bertz CT molecular complexity index is 598. The van der Waals surface area contributed by atoms with E-state index in [1.165, 1.54) is 24.4 Å². The van der Waals surface area contributed by atoms with E-state index in [0.717, 1.165) is 0 Å². The van der Waals surface area contributed by atoms with Crippen molar-refractivity contribution in [2.24, 2.45) is 5.84 Å². The lowest BCUT2D eigenvalue weighted by molar-refractivity contribution is 0.102. The van der Waals surface area contributed by atoms with E-state index in [0.29, 0.717) is 22.6 Å². The first-order valence-electron chi connectivity index (χ1n) is 5.60. The van der Waals surface area contributed by atoms with Crippen LogP contribution < -0.4 is 16.6 Å². The molecule has 0 spiro atoms. The Kier molecular flexibility index (Phi) is 3.72. The Morgan fingerprint density at radius 1 is 1.32 bits per heavy atom. The van der Waals surface area contributed by atoms with Crippen molar-refractivity contribution in [1.29, 1.82) is 0 Å². The van der Waals surface area contributed by atoms with Crippen molar-refractivity contribution < 1.29 is 9.18 Å². The molecule has 98 valence electrons. The van der Waals surface area contributed by atoms with E-state index in [1.807, 2.05) is 0 Å². The summed E-state index contributed by atoms with van der Waals surface area (Å²) in [7, 11) is 0. The number of aryl methyl sites for hydroxylation is 1. The maximum Gasteiger partial charge on any atom is 0.257 e. The minimum absolute atomic E-state index is 0.314. The Labute approximate surface area is 109 Å². The van der Waals surface area contributed by atoms with Gasteiger partial charge in [0.15, 0.2) is 0 Å². The van der Waals surface area contributed by atoms with Gasteiger partial charge in [0.2, 0.25) is 0 Å². The van der Waals surface area contributed by atoms with Crippen LogP contribution in [0.4, 0.5) is 15.9 Å². The Morgan fingerprint density at radius 2 is 2.11 bits per heavy atom. The van der Waals surface area contributed by atoms with E-state index in [9.17, 15) is 9.18 Å². The topological polar surface area (TPSA) is 80.0 Å². The molecule has 0 unspecified atom stereocenters. The Morgan fingerprint density at radius 3 is 2.68 bits per heavy atom. The molecule has 0 saturated carbocycles. The highest BCUT2D eigenvalue weighted by molar-refractivity contribution is 6.04. The van der Waals surface area contributed by atoms with Crippen molar-refractivity contribution in [3.8, 4) is 0 Å². The molecule has 0 saturated heterocycles. The summed E-state index contributed by atoms with van der Waals surface area (Å²) >= 11 is 0. The summed E-state index contributed by atoms with van der Waals surface area (Å²) in [5.41, 5.74) is 3.98. The number of aromatic nitrogens is 1. The molecule has 4 N–H and O–H groups in total. The summed E-state index contributed by atoms with van der Waals surface area (Å²) in [4.78, 5) is 15.9. The molecule has 2 aromatic rings. The summed E-state index contributed by atoms with van der Waals surface area (Å²) in [6.45, 7) is 1.72. The SMILES string of the molecule is Cc1cc(F)ccc1NC(=O)c1ccc(NN)nc1. The predicted octanol–water partition coefficient (Wildman–Crippen LogP) is 2.07. The maximum atomic E-state index is 12.9. The fraction of sp³-hybridized carbons (Fsp3) is 0.0769. The van der Waals surface area contributed by atoms with Crippen molar-refractivity contribution in [3.05, 3.63) is 53.5 Å². The van der Waals surface area contributed by atoms with Crippen molar-refractivity contribution in [1.82, 2.24) is 4.98 Å². The normalized spacial score (nSPS) is 10.1. The molecule has 0 bridgehead atoms. The molecule has 2 rings (SSSR count). The van der Waals surface area contributed by atoms with Gasteiger partial charge < -0.3 is 10.7 Å². The molecule has 0 atom stereocenters. The zero-order chi connectivity index (χ0) is 13.8. The standard InChI is InChI=1S/C13H13FN4O/c1-8-6-10(14)3-4-11(8)17-13(19)9-2-5-12(18-15)16-7-9/h2-7H,15H2,1H3,(H,16,18)(H,17,19). The van der Waals surface area contributed by atoms with E-state index in [4.69, 9.17) is 5.84 Å². The van der Waals surface area contributed by atoms with Gasteiger partial charge >= 0.3 is 0 Å². The molecule has 5 nitrogen and oxygen atoms in total. The monoisotopic (exact) mass is 260 g/mol. The third-order valence-electron chi connectivity index (χ3n) is 2.61. The van der Waals surface area contributed by atoms with Gasteiger partial charge in [0.1, 0.15) is 11.6 Å². The number of hydrazine groups is 1. The molecule has 0 radical (unpaired) electrons. The molecule has 1 aromatic carbocycles. The first kappa shape index (κ1) is 13.0. The van der Waals surface area contributed by atoms with Gasteiger partial charge in [0.25, 0.3) is 5.91 Å². The van der Waals surface area contributed by atoms with Crippen LogP contribution in [0, 0.1) is 12.7 Å². The molecule has 0 aliphatic heterocycles. The fourth-order valence-electron chi connectivity index (χ4n) is 1.58. The van der Waals surface area contributed by atoms with Gasteiger partial charge in [0, 0.05) is 11.9 Å². The summed E-state index contributed by atoms with van der Waals surface area (Å²) in [6.07, 6.45) is 1.41. The van der Waals surface area contributed by atoms with Crippen LogP contribution in [-0.2, 0) is 0 Å². The van der Waals surface area contributed by atoms with Crippen LogP contribution in [0.3, 0.4) is 0 Å². The highest BCUT2D eigenvalue weighted by atomic mass is 19.1. The molecule has 1 amide bonds. The third-order valence-corrected chi connectivity index (χ3v) is 2.61. The van der Waals surface area contributed by atoms with E-state index in [-0.39, 0.29) is 11.7 Å². The quantitative estimate of drug-likeness (QED) is 0.583. The predicted molar refractivity (Wildman–Crippen MR) is 71.1 cm³/mol. The second-order valence-corrected chi connectivity index (χ2v) is 3.99. The lowest BCUT2D eigenvalue weighted by Crippen LogP contribution is -2.14. The molecule has 0 aliphatic rings. The van der Waals surface area contributed by atoms with E-state index < -0.39 is 0 Å². The summed E-state index contributed by atoms with van der Waals surface area (Å²) < 4.78 is 12.9. The summed E-state index contributed by atoms with van der Waals surface area (Å²) in [5, 5.41) is 2.69. The van der Waals surface area contributed by atoms with Crippen molar-refractivity contribution in [2.45, 2.75) is 6.92 Å². The molecular weight excluding hydrogens is 247 g/mol. The van der Waals surface area contributed by atoms with Crippen LogP contribution in [-0.4, -0.2) is 10.9 Å². The van der Waals surface area contributed by atoms with Crippen LogP contribution in [0.15, 0.2) is 36.5 Å². The van der Waals surface area contributed by atoms with Crippen molar-refractivity contribution >= 4 is 17.4 Å². The van der Waals surface area contributed by atoms with Crippen LogP contribution in [0.5, 0.6) is 0 Å². The number of carbonyl (C=O) groups excluding carboxylic acids is 1. The zero-order valence-electron chi connectivity index (χ0n) is 10.3. The van der Waals surface area contributed by atoms with Gasteiger partial charge in [-0.3, -0.25) is 4.79 Å². The Hall–Kier alpha value is -2.47. The number of nitrogens with zero attached hydrogens (tertiary/aromatic N) is 1. The van der Waals surface area contributed by atoms with E-state index >= 15 is 0 Å². The number of hydrogen-bond donors (Lipinski definition) is 3. The van der Waals surface area contributed by atoms with Crippen LogP contribution >= 0.6 is 0 Å². The minimum atomic E-state index is -0.337. The molecule has 19 heavy (non-hydrogen) atoms. The number of halogens is 1. The molecule has 0 fully saturated rings. The Balaban J connectivity index is 2.15. The molecule has 6 heteroatoms. The van der Waals surface area contributed by atoms with Gasteiger partial charge in [-0.1, -0.05) is 0 Å². The second-order valence-electron chi connectivity index (χ2n) is 3.99. The van der Waals surface area contributed by atoms with Gasteiger partial charge in [-0.25, -0.2) is 15.2 Å². The second kappa shape index (κ2) is 5.45. The highest BCUT2D eigenvalue weighted by Gasteiger charge is 2.08. The number of anilines is 2. The number of hydrogen-bond acceptors (Lipinski definition) is 4. The van der Waals surface area contributed by atoms with E-state index in [2.05, 4.69) is 15.7 Å². The maximum absolute atomic E-state index is 12.9. The number of amides is 1. The number of rotatable bonds is 3. The first-order valence-corrected chi connectivity index (χ1v) is 5.60. The lowest BCUT2D eigenvalue weighted by Gasteiger charge is -2.08. The number of pyridine rings is 1. The number of benzene rings is 1. The van der Waals surface area contributed by atoms with Crippen LogP contribution in [0.1, 0.15) is 15.9 Å². The zero-order valence-corrected chi connectivity index (χ0v) is 10.3. The summed E-state index contributed by atoms with van der Waals surface area (Å²) in [5.74, 6) is 5.00. The number of nitrogen functional groups attached to an aromatic ring is 1. The number of nitrogens with one attached hydrogen (secondary N) is 2. The van der Waals surface area contributed by atoms with Gasteiger partial charge in [-0.15, -0.1) is 0 Å². The van der Waals surface area contributed by atoms with E-state index in [1.54, 1.807) is 19.1 Å². The molecule has 1 aromatic heterocycles. The fourth-order valence-corrected chi connectivity index (χ4v) is 1.58. The van der Waals surface area contributed by atoms with Crippen LogP contribution in [0.25, 0.3) is 0 Å². The summed E-state index contributed by atoms with van der Waals surface area (Å²) in [6, 6.07) is 7.35. The molecular formula is C13H13FN4O. The highest BCUT2D eigenvalue weighted by Crippen LogP contribution is 2.16. The third kappa shape index (κ3) is 3.05. The van der Waals surface area contributed by atoms with Gasteiger partial charge in [0.05, 0.1) is 5.56 Å². The average molecular weight is 260 g/mol. The number of nitrogens with two attached hydrogens (primary N) is 1. The smallest absolute Gasteiger partial charge is 0.257 e. The number of carbonyl (C=O) groups is 1. The lowest BCUT2D eigenvalue weighted by atomic mass is 10.2.